The lowest BCUT2D eigenvalue weighted by atomic mass is 10.1. The van der Waals surface area contributed by atoms with Gasteiger partial charge in [0.25, 0.3) is 0 Å². The second kappa shape index (κ2) is 5.04. The van der Waals surface area contributed by atoms with E-state index in [0.29, 0.717) is 11.3 Å². The van der Waals surface area contributed by atoms with Crippen LogP contribution in [0, 0.1) is 0 Å². The van der Waals surface area contributed by atoms with Crippen molar-refractivity contribution in [2.45, 2.75) is 26.4 Å². The highest BCUT2D eigenvalue weighted by molar-refractivity contribution is 5.91. The molecule has 0 atom stereocenters. The van der Waals surface area contributed by atoms with E-state index in [1.54, 1.807) is 31.4 Å². The summed E-state index contributed by atoms with van der Waals surface area (Å²) in [5, 5.41) is 0. The van der Waals surface area contributed by atoms with Gasteiger partial charge in [-0.15, -0.1) is 0 Å². The normalized spacial score (nSPS) is 10.8. The summed E-state index contributed by atoms with van der Waals surface area (Å²) in [6.45, 7) is 9.17. The van der Waals surface area contributed by atoms with Gasteiger partial charge in [0.2, 0.25) is 0 Å². The molecule has 0 aliphatic carbocycles. The zero-order chi connectivity index (χ0) is 13.1. The maximum absolute atomic E-state index is 11.9. The van der Waals surface area contributed by atoms with Crippen LogP contribution in [0.5, 0.6) is 5.75 Å². The highest BCUT2D eigenvalue weighted by Gasteiger charge is 2.18. The van der Waals surface area contributed by atoms with E-state index in [1.807, 2.05) is 20.8 Å². The Kier molecular flexibility index (Phi) is 3.94. The van der Waals surface area contributed by atoms with Crippen molar-refractivity contribution >= 4 is 12.0 Å². The van der Waals surface area contributed by atoms with Crippen molar-refractivity contribution in [1.29, 1.82) is 0 Å². The number of hydrogen-bond acceptors (Lipinski definition) is 3. The van der Waals surface area contributed by atoms with Gasteiger partial charge < -0.3 is 9.47 Å². The van der Waals surface area contributed by atoms with E-state index >= 15 is 0 Å². The van der Waals surface area contributed by atoms with Gasteiger partial charge in [0.05, 0.1) is 12.7 Å². The van der Waals surface area contributed by atoms with Gasteiger partial charge in [-0.3, -0.25) is 0 Å². The van der Waals surface area contributed by atoms with Crippen molar-refractivity contribution in [3.63, 3.8) is 0 Å². The van der Waals surface area contributed by atoms with Crippen molar-refractivity contribution in [3.05, 3.63) is 35.9 Å². The minimum atomic E-state index is -0.505. The Morgan fingerprint density at radius 3 is 2.41 bits per heavy atom. The summed E-state index contributed by atoms with van der Waals surface area (Å²) in [5.41, 5.74) is 0.786. The van der Waals surface area contributed by atoms with Gasteiger partial charge in [0.15, 0.2) is 0 Å². The van der Waals surface area contributed by atoms with E-state index in [9.17, 15) is 4.79 Å². The number of hydrogen-bond donors (Lipinski definition) is 0. The van der Waals surface area contributed by atoms with E-state index in [0.717, 1.165) is 5.56 Å². The first kappa shape index (κ1) is 13.3. The molecule has 0 aliphatic heterocycles. The molecule has 0 fully saturated rings. The summed E-state index contributed by atoms with van der Waals surface area (Å²) in [7, 11) is 1.56. The molecule has 1 rings (SSSR count). The number of carbonyl (C=O) groups is 1. The van der Waals surface area contributed by atoms with Crippen LogP contribution < -0.4 is 4.74 Å². The van der Waals surface area contributed by atoms with Crippen molar-refractivity contribution in [3.8, 4) is 5.75 Å². The van der Waals surface area contributed by atoms with Gasteiger partial charge in [-0.05, 0) is 44.5 Å². The molecular weight excluding hydrogens is 216 g/mol. The molecule has 0 saturated heterocycles. The fourth-order valence-electron chi connectivity index (χ4n) is 1.31. The maximum Gasteiger partial charge on any atom is 0.338 e. The average Bonchev–Trinajstić information content (AvgIpc) is 2.26. The molecule has 17 heavy (non-hydrogen) atoms. The average molecular weight is 234 g/mol. The second-order valence-corrected chi connectivity index (χ2v) is 4.70. The molecule has 0 saturated carbocycles. The molecule has 0 spiro atoms. The Labute approximate surface area is 102 Å². The Balaban J connectivity index is 3.04. The summed E-state index contributed by atoms with van der Waals surface area (Å²) < 4.78 is 10.4. The number of ether oxygens (including phenoxy) is 2. The smallest absolute Gasteiger partial charge is 0.338 e. The zero-order valence-corrected chi connectivity index (χ0v) is 10.7. The molecule has 3 heteroatoms. The van der Waals surface area contributed by atoms with Crippen molar-refractivity contribution in [2.75, 3.05) is 7.11 Å². The highest BCUT2D eigenvalue weighted by Crippen LogP contribution is 2.20. The Hall–Kier alpha value is -1.77. The van der Waals surface area contributed by atoms with Crippen LogP contribution in [0.4, 0.5) is 0 Å². The van der Waals surface area contributed by atoms with E-state index in [1.165, 1.54) is 0 Å². The van der Waals surface area contributed by atoms with E-state index in [2.05, 4.69) is 6.58 Å². The lowest BCUT2D eigenvalue weighted by molar-refractivity contribution is 0.00691. The zero-order valence-electron chi connectivity index (χ0n) is 10.7. The number of carbonyl (C=O) groups excluding carboxylic acids is 1. The highest BCUT2D eigenvalue weighted by atomic mass is 16.6. The number of rotatable bonds is 3. The molecule has 0 amide bonds. The molecule has 0 heterocycles. The number of esters is 1. The maximum atomic E-state index is 11.9. The minimum absolute atomic E-state index is 0.362. The quantitative estimate of drug-likeness (QED) is 0.753. The lowest BCUT2D eigenvalue weighted by Gasteiger charge is -2.19. The molecule has 1 aromatic rings. The third-order valence-corrected chi connectivity index (χ3v) is 2.03. The third-order valence-electron chi connectivity index (χ3n) is 2.03. The van der Waals surface area contributed by atoms with E-state index in [-0.39, 0.29) is 5.97 Å². The minimum Gasteiger partial charge on any atom is -0.497 e. The standard InChI is InChI=1S/C14H18O3/c1-6-10-7-11(9-12(8-10)16-5)13(15)17-14(2,3)4/h6-9H,1H2,2-5H3. The topological polar surface area (TPSA) is 35.5 Å². The van der Waals surface area contributed by atoms with Crippen LogP contribution in [0.3, 0.4) is 0 Å². The van der Waals surface area contributed by atoms with E-state index in [4.69, 9.17) is 9.47 Å². The molecule has 0 bridgehead atoms. The first-order valence-electron chi connectivity index (χ1n) is 5.40. The van der Waals surface area contributed by atoms with Gasteiger partial charge in [0.1, 0.15) is 11.4 Å². The Bertz CT molecular complexity index is 428. The molecule has 0 aliphatic rings. The predicted octanol–water partition coefficient (Wildman–Crippen LogP) is 3.29. The van der Waals surface area contributed by atoms with Crippen LogP contribution in [0.15, 0.2) is 24.8 Å². The van der Waals surface area contributed by atoms with Crippen LogP contribution in [-0.2, 0) is 4.74 Å². The van der Waals surface area contributed by atoms with Gasteiger partial charge in [0, 0.05) is 0 Å². The van der Waals surface area contributed by atoms with Crippen LogP contribution in [0.2, 0.25) is 0 Å². The molecule has 92 valence electrons. The Morgan fingerprint density at radius 1 is 1.29 bits per heavy atom. The van der Waals surface area contributed by atoms with Crippen LogP contribution in [0.1, 0.15) is 36.7 Å². The lowest BCUT2D eigenvalue weighted by Crippen LogP contribution is -2.23. The van der Waals surface area contributed by atoms with Gasteiger partial charge >= 0.3 is 5.97 Å². The fraction of sp³-hybridized carbons (Fsp3) is 0.357. The van der Waals surface area contributed by atoms with Crippen LogP contribution in [0.25, 0.3) is 6.08 Å². The van der Waals surface area contributed by atoms with E-state index < -0.39 is 5.60 Å². The number of benzene rings is 1. The van der Waals surface area contributed by atoms with Gasteiger partial charge in [-0.2, -0.15) is 0 Å². The Morgan fingerprint density at radius 2 is 1.94 bits per heavy atom. The van der Waals surface area contributed by atoms with Gasteiger partial charge in [-0.25, -0.2) is 4.79 Å². The van der Waals surface area contributed by atoms with Crippen LogP contribution in [-0.4, -0.2) is 18.7 Å². The molecule has 1 aromatic carbocycles. The largest absolute Gasteiger partial charge is 0.497 e. The molecular formula is C14H18O3. The second-order valence-electron chi connectivity index (χ2n) is 4.70. The van der Waals surface area contributed by atoms with Crippen LogP contribution >= 0.6 is 0 Å². The van der Waals surface area contributed by atoms with Gasteiger partial charge in [-0.1, -0.05) is 12.7 Å². The van der Waals surface area contributed by atoms with Crippen molar-refractivity contribution < 1.29 is 14.3 Å². The predicted molar refractivity (Wildman–Crippen MR) is 68.3 cm³/mol. The summed E-state index contributed by atoms with van der Waals surface area (Å²) in [6.07, 6.45) is 1.66. The molecule has 0 aromatic heterocycles. The summed E-state index contributed by atoms with van der Waals surface area (Å²) >= 11 is 0. The molecule has 3 nitrogen and oxygen atoms in total. The SMILES string of the molecule is C=Cc1cc(OC)cc(C(=O)OC(C)(C)C)c1. The molecule has 0 radical (unpaired) electrons. The molecule has 0 N–H and O–H groups in total. The van der Waals surface area contributed by atoms with Crippen molar-refractivity contribution in [2.24, 2.45) is 0 Å². The summed E-state index contributed by atoms with van der Waals surface area (Å²) in [4.78, 5) is 11.9. The summed E-state index contributed by atoms with van der Waals surface area (Å²) in [5.74, 6) is 0.253. The first-order chi connectivity index (χ1) is 7.85. The third kappa shape index (κ3) is 3.94. The summed E-state index contributed by atoms with van der Waals surface area (Å²) in [6, 6.07) is 5.19. The first-order valence-corrected chi connectivity index (χ1v) is 5.40. The molecule has 0 unspecified atom stereocenters. The van der Waals surface area contributed by atoms with Crippen molar-refractivity contribution in [1.82, 2.24) is 0 Å². The number of methoxy groups -OCH3 is 1. The monoisotopic (exact) mass is 234 g/mol. The fourth-order valence-corrected chi connectivity index (χ4v) is 1.31.